The molecule has 2 rings (SSSR count). The number of benzene rings is 1. The van der Waals surface area contributed by atoms with Gasteiger partial charge >= 0.3 is 5.63 Å². The first kappa shape index (κ1) is 9.67. The fourth-order valence-electron chi connectivity index (χ4n) is 1.29. The van der Waals surface area contributed by atoms with Gasteiger partial charge in [-0.2, -0.15) is 0 Å². The molecule has 0 unspecified atom stereocenters. The lowest BCUT2D eigenvalue weighted by molar-refractivity contribution is 0.561. The molecule has 1 heterocycles. The fraction of sp³-hybridized carbons (Fsp3) is 0. The molecule has 0 aliphatic rings. The lowest BCUT2D eigenvalue weighted by Crippen LogP contribution is -2.18. The van der Waals surface area contributed by atoms with E-state index in [1.54, 1.807) is 24.3 Å². The highest BCUT2D eigenvalue weighted by atomic mass is 32.1. The van der Waals surface area contributed by atoms with Gasteiger partial charge in [-0.25, -0.2) is 4.79 Å². The maximum absolute atomic E-state index is 10.9. The highest BCUT2D eigenvalue weighted by Crippen LogP contribution is 2.17. The van der Waals surface area contributed by atoms with E-state index < -0.39 is 0 Å². The summed E-state index contributed by atoms with van der Waals surface area (Å²) in [6, 6.07) is 8.29. The minimum absolute atomic E-state index is 0.201. The standard InChI is InChI=1S/C10H8N2O2S/c11-10(15)12-7-2-3-8-6(5-7)1-4-9(13)14-8/h1-5H,(H3,11,12,15). The summed E-state index contributed by atoms with van der Waals surface area (Å²) in [4.78, 5) is 10.9. The zero-order valence-electron chi connectivity index (χ0n) is 7.69. The van der Waals surface area contributed by atoms with E-state index in [-0.39, 0.29) is 10.7 Å². The number of fused-ring (bicyclic) bond motifs is 1. The first-order valence-corrected chi connectivity index (χ1v) is 4.66. The molecule has 4 nitrogen and oxygen atoms in total. The Morgan fingerprint density at radius 1 is 1.33 bits per heavy atom. The molecule has 0 aliphatic carbocycles. The molecular weight excluding hydrogens is 212 g/mol. The predicted molar refractivity (Wildman–Crippen MR) is 62.9 cm³/mol. The van der Waals surface area contributed by atoms with Gasteiger partial charge in [0.2, 0.25) is 0 Å². The maximum Gasteiger partial charge on any atom is 0.336 e. The average molecular weight is 220 g/mol. The van der Waals surface area contributed by atoms with Crippen LogP contribution in [-0.4, -0.2) is 5.11 Å². The third-order valence-electron chi connectivity index (χ3n) is 1.89. The van der Waals surface area contributed by atoms with E-state index >= 15 is 0 Å². The van der Waals surface area contributed by atoms with Crippen molar-refractivity contribution in [1.29, 1.82) is 0 Å². The van der Waals surface area contributed by atoms with Gasteiger partial charge in [-0.15, -0.1) is 0 Å². The van der Waals surface area contributed by atoms with E-state index in [0.717, 1.165) is 11.1 Å². The quantitative estimate of drug-likeness (QED) is 0.562. The Morgan fingerprint density at radius 2 is 2.13 bits per heavy atom. The van der Waals surface area contributed by atoms with Crippen molar-refractivity contribution in [1.82, 2.24) is 0 Å². The highest BCUT2D eigenvalue weighted by Gasteiger charge is 1.99. The number of hydrogen-bond donors (Lipinski definition) is 2. The first-order chi connectivity index (χ1) is 7.15. The van der Waals surface area contributed by atoms with Gasteiger partial charge < -0.3 is 15.5 Å². The van der Waals surface area contributed by atoms with E-state index in [0.29, 0.717) is 5.58 Å². The van der Waals surface area contributed by atoms with Crippen LogP contribution in [0.1, 0.15) is 0 Å². The van der Waals surface area contributed by atoms with Gasteiger partial charge in [-0.05, 0) is 36.5 Å². The monoisotopic (exact) mass is 220 g/mol. The molecule has 0 bridgehead atoms. The summed E-state index contributed by atoms with van der Waals surface area (Å²) in [5.74, 6) is 0. The van der Waals surface area contributed by atoms with Crippen molar-refractivity contribution in [3.63, 3.8) is 0 Å². The maximum atomic E-state index is 10.9. The Bertz CT molecular complexity index is 577. The molecule has 5 heteroatoms. The summed E-state index contributed by atoms with van der Waals surface area (Å²) in [7, 11) is 0. The van der Waals surface area contributed by atoms with Crippen LogP contribution >= 0.6 is 12.2 Å². The van der Waals surface area contributed by atoms with Crippen LogP contribution in [0.4, 0.5) is 5.69 Å². The first-order valence-electron chi connectivity index (χ1n) is 4.25. The molecule has 0 fully saturated rings. The molecule has 1 aromatic heterocycles. The molecule has 0 atom stereocenters. The topological polar surface area (TPSA) is 68.3 Å². The van der Waals surface area contributed by atoms with Crippen molar-refractivity contribution in [2.24, 2.45) is 5.73 Å². The van der Waals surface area contributed by atoms with Gasteiger partial charge in [0.25, 0.3) is 0 Å². The van der Waals surface area contributed by atoms with Gasteiger partial charge in [0.05, 0.1) is 0 Å². The van der Waals surface area contributed by atoms with Crippen molar-refractivity contribution in [3.05, 3.63) is 40.8 Å². The number of anilines is 1. The zero-order chi connectivity index (χ0) is 10.8. The summed E-state index contributed by atoms with van der Waals surface area (Å²) >= 11 is 4.71. The summed E-state index contributed by atoms with van der Waals surface area (Å²) in [6.45, 7) is 0. The van der Waals surface area contributed by atoms with Gasteiger partial charge in [0.15, 0.2) is 5.11 Å². The second kappa shape index (κ2) is 3.70. The van der Waals surface area contributed by atoms with Crippen molar-refractivity contribution in [3.8, 4) is 0 Å². The number of thiocarbonyl (C=S) groups is 1. The van der Waals surface area contributed by atoms with Gasteiger partial charge in [-0.1, -0.05) is 0 Å². The van der Waals surface area contributed by atoms with Crippen LogP contribution in [-0.2, 0) is 0 Å². The Balaban J connectivity index is 2.52. The van der Waals surface area contributed by atoms with Gasteiger partial charge in [0.1, 0.15) is 5.58 Å². The van der Waals surface area contributed by atoms with Crippen LogP contribution in [0.3, 0.4) is 0 Å². The molecular formula is C10H8N2O2S. The molecule has 0 aliphatic heterocycles. The van der Waals surface area contributed by atoms with E-state index in [4.69, 9.17) is 22.4 Å². The minimum Gasteiger partial charge on any atom is -0.423 e. The summed E-state index contributed by atoms with van der Waals surface area (Å²) in [5, 5.41) is 3.82. The molecule has 2 aromatic rings. The molecule has 0 spiro atoms. The number of nitrogens with two attached hydrogens (primary N) is 1. The Labute approximate surface area is 90.7 Å². The molecule has 0 saturated heterocycles. The number of nitrogens with one attached hydrogen (secondary N) is 1. The summed E-state index contributed by atoms with van der Waals surface area (Å²) < 4.78 is 4.97. The van der Waals surface area contributed by atoms with Crippen LogP contribution in [0, 0.1) is 0 Å². The number of hydrogen-bond acceptors (Lipinski definition) is 3. The van der Waals surface area contributed by atoms with Gasteiger partial charge in [-0.3, -0.25) is 0 Å². The largest absolute Gasteiger partial charge is 0.423 e. The molecule has 0 amide bonds. The fourth-order valence-corrected chi connectivity index (χ4v) is 1.41. The second-order valence-electron chi connectivity index (χ2n) is 3.00. The van der Waals surface area contributed by atoms with Crippen LogP contribution in [0.2, 0.25) is 0 Å². The van der Waals surface area contributed by atoms with E-state index in [1.165, 1.54) is 6.07 Å². The molecule has 0 saturated carbocycles. The molecule has 76 valence electrons. The minimum atomic E-state index is -0.363. The predicted octanol–water partition coefficient (Wildman–Crippen LogP) is 1.45. The van der Waals surface area contributed by atoms with Gasteiger partial charge in [0, 0.05) is 17.1 Å². The average Bonchev–Trinajstić information content (AvgIpc) is 2.17. The zero-order valence-corrected chi connectivity index (χ0v) is 8.51. The van der Waals surface area contributed by atoms with Crippen LogP contribution in [0.25, 0.3) is 11.0 Å². The highest BCUT2D eigenvalue weighted by molar-refractivity contribution is 7.80. The Morgan fingerprint density at radius 3 is 2.87 bits per heavy atom. The van der Waals surface area contributed by atoms with Crippen LogP contribution in [0.5, 0.6) is 0 Å². The van der Waals surface area contributed by atoms with Crippen molar-refractivity contribution < 1.29 is 4.42 Å². The van der Waals surface area contributed by atoms with Crippen LogP contribution < -0.4 is 16.7 Å². The normalized spacial score (nSPS) is 10.1. The lowest BCUT2D eigenvalue weighted by atomic mass is 10.2. The SMILES string of the molecule is NC(=S)Nc1ccc2oc(=O)ccc2c1. The Hall–Kier alpha value is -1.88. The lowest BCUT2D eigenvalue weighted by Gasteiger charge is -2.03. The third-order valence-corrected chi connectivity index (χ3v) is 1.99. The smallest absolute Gasteiger partial charge is 0.336 e. The van der Waals surface area contributed by atoms with Crippen molar-refractivity contribution in [2.75, 3.05) is 5.32 Å². The second-order valence-corrected chi connectivity index (χ2v) is 3.44. The third kappa shape index (κ3) is 2.13. The molecule has 15 heavy (non-hydrogen) atoms. The van der Waals surface area contributed by atoms with E-state index in [2.05, 4.69) is 5.32 Å². The summed E-state index contributed by atoms with van der Waals surface area (Å²) in [6.07, 6.45) is 0. The van der Waals surface area contributed by atoms with Crippen molar-refractivity contribution >= 4 is 34.0 Å². The number of rotatable bonds is 1. The molecule has 1 aromatic carbocycles. The van der Waals surface area contributed by atoms with E-state index in [1.807, 2.05) is 0 Å². The molecule has 0 radical (unpaired) electrons. The molecule has 3 N–H and O–H groups in total. The van der Waals surface area contributed by atoms with E-state index in [9.17, 15) is 4.79 Å². The van der Waals surface area contributed by atoms with Crippen molar-refractivity contribution in [2.45, 2.75) is 0 Å². The van der Waals surface area contributed by atoms with Crippen LogP contribution in [0.15, 0.2) is 39.5 Å². The Kier molecular flexibility index (Phi) is 2.39. The summed E-state index contributed by atoms with van der Waals surface area (Å²) in [5.41, 5.74) is 6.28.